The van der Waals surface area contributed by atoms with Gasteiger partial charge in [-0.1, -0.05) is 103 Å². The molecule has 0 radical (unpaired) electrons. The quantitative estimate of drug-likeness (QED) is 0.0443. The first-order valence-electron chi connectivity index (χ1n) is 46.4. The maximum atomic E-state index is 13.0. The lowest BCUT2D eigenvalue weighted by Gasteiger charge is -2.17. The average molecular weight is 1960 g/mol. The maximum absolute atomic E-state index is 13.0. The van der Waals surface area contributed by atoms with Gasteiger partial charge in [0.15, 0.2) is 0 Å². The number of aliphatic imine (C=N–C) groups is 1. The van der Waals surface area contributed by atoms with Gasteiger partial charge in [-0.2, -0.15) is 68.9 Å². The number of aromatic nitrogens is 19. The van der Waals surface area contributed by atoms with Gasteiger partial charge in [0.1, 0.15) is 27.5 Å². The third-order valence-electron chi connectivity index (χ3n) is 25.5. The first kappa shape index (κ1) is 97.2. The molecular weight excluding hydrogens is 1860 g/mol. The van der Waals surface area contributed by atoms with Gasteiger partial charge >= 0.3 is 19.1 Å². The third-order valence-corrected chi connectivity index (χ3v) is 27.0. The van der Waals surface area contributed by atoms with Crippen LogP contribution in [-0.4, -0.2) is 136 Å². The smallest absolute Gasteiger partial charge is 0.333 e. The number of fused-ring (bicyclic) bond motifs is 10. The van der Waals surface area contributed by atoms with E-state index < -0.39 is 57.2 Å². The number of carbonyl (C=O) groups is 3. The summed E-state index contributed by atoms with van der Waals surface area (Å²) in [4.78, 5) is 52.6. The lowest BCUT2D eigenvalue weighted by atomic mass is 9.88. The topological polar surface area (TPSA) is 419 Å². The number of nitrogens with one attached hydrogen (secondary N) is 2. The Hall–Kier alpha value is -18.1. The molecule has 2 unspecified atom stereocenters. The van der Waals surface area contributed by atoms with Crippen molar-refractivity contribution < 1.29 is 45.5 Å². The molecule has 0 bridgehead atoms. The fourth-order valence-corrected chi connectivity index (χ4v) is 18.3. The molecule has 7 N–H and O–H groups in total. The number of hydrogen-bond acceptors (Lipinski definition) is 19. The number of allylic oxidation sites excluding steroid dienone is 4. The number of aromatic amines is 1. The van der Waals surface area contributed by atoms with E-state index in [2.05, 4.69) is 167 Å². The van der Waals surface area contributed by atoms with Crippen molar-refractivity contribution in [2.45, 2.75) is 120 Å². The van der Waals surface area contributed by atoms with Crippen molar-refractivity contribution in [1.82, 2.24) is 92.8 Å². The summed E-state index contributed by atoms with van der Waals surface area (Å²) in [5, 5.41) is 68.9. The Bertz CT molecular complexity index is 8720. The average Bonchev–Trinajstić information content (AvgIpc) is 1.65. The van der Waals surface area contributed by atoms with Crippen molar-refractivity contribution >= 4 is 122 Å². The second kappa shape index (κ2) is 40.3. The van der Waals surface area contributed by atoms with Crippen LogP contribution < -0.4 is 16.2 Å². The van der Waals surface area contributed by atoms with Crippen LogP contribution in [0.5, 0.6) is 0 Å². The number of alkyl halides is 4. The van der Waals surface area contributed by atoms with E-state index in [1.165, 1.54) is 48.5 Å². The van der Waals surface area contributed by atoms with Gasteiger partial charge < -0.3 is 16.6 Å². The number of primary amides is 2. The van der Waals surface area contributed by atoms with Crippen LogP contribution in [0.3, 0.4) is 0 Å². The molecule has 36 heteroatoms. The van der Waals surface area contributed by atoms with Gasteiger partial charge in [0.05, 0.1) is 141 Å². The minimum Gasteiger partial charge on any atom is -0.480 e. The lowest BCUT2D eigenvalue weighted by molar-refractivity contribution is -0.143. The van der Waals surface area contributed by atoms with Crippen LogP contribution >= 0.6 is 0 Å². The van der Waals surface area contributed by atoms with Gasteiger partial charge in [0.25, 0.3) is 0 Å². The Morgan fingerprint density at radius 3 is 1.46 bits per heavy atom. The van der Waals surface area contributed by atoms with Crippen molar-refractivity contribution in [3.8, 4) is 103 Å². The molecule has 2 amide bonds. The maximum Gasteiger partial charge on any atom is 0.333 e. The van der Waals surface area contributed by atoms with Crippen molar-refractivity contribution in [3.05, 3.63) is 284 Å². The molecule has 2 aliphatic carbocycles. The molecule has 31 nitrogen and oxygen atoms in total. The Morgan fingerprint density at radius 1 is 0.517 bits per heavy atom. The Morgan fingerprint density at radius 2 is 0.959 bits per heavy atom. The van der Waals surface area contributed by atoms with E-state index in [4.69, 9.17) is 22.0 Å². The predicted molar refractivity (Wildman–Crippen MR) is 546 cm³/mol. The zero-order chi connectivity index (χ0) is 102. The van der Waals surface area contributed by atoms with Gasteiger partial charge in [-0.15, -0.1) is 0 Å². The molecule has 1 aliphatic heterocycles. The van der Waals surface area contributed by atoms with E-state index in [0.717, 1.165) is 162 Å². The summed E-state index contributed by atoms with van der Waals surface area (Å²) < 4.78 is 89.1. The Balaban J connectivity index is 0.000000119. The monoisotopic (exact) mass is 1960 g/mol. The van der Waals surface area contributed by atoms with Crippen LogP contribution in [0.15, 0.2) is 244 Å². The van der Waals surface area contributed by atoms with Gasteiger partial charge in [-0.3, -0.25) is 39.2 Å². The minimum atomic E-state index is -3.36. The van der Waals surface area contributed by atoms with Gasteiger partial charge in [-0.05, 0) is 239 Å². The number of rotatable bonds is 16. The number of carboxylic acids is 1. The number of anilines is 1. The number of amides is 2. The standard InChI is InChI=1S/C25H25N5O3S.C21H17F2N5O.C21H16F2N4O2.C21H18N6.C21H17N5/c1-4-13-34(32,33)29-20-8-7-17-14-19(6-5-18(17)15-20)21-16-28-30-12-11-27-22(23(21)30)9-10-25(2,3)24(26)31;1-21(2,19(24)29)8-7-13-4-3-9-27-18(13)16(12-25-27)14-5-6-17-15(10-14)11-26-28(17)20(22)23;1-21(2,19(28)29)8-7-13-4-3-9-26-18(13)16(12-24-26)14-5-6-17-15(10-14)11-25-27(17)20(22)23;1-13-17-7-6-16(10-19(17)26-25-13)18-12-24-27-9-8-23-20(21(18)27)15-4-2-14(11-22)3-5-15;22-10-14-1-3-15(4-2-14)20-21-19(13-25-26(21)8-7-24-20)16-5-6-17-11-23-12-18(17)9-16/h5-8,11-12,14-16,29H,4,13H2,1-3H3,(H2,26,31);3-6,9-12,20H,1-2H3,(H2,24,29);3-6,9-12,20H,1-2H3,(H,28,29);4,6-10,12,14H,2-3,5H2,1H3,(H,25,26);3,5-9,12-14H,1-2,4,11H2. The van der Waals surface area contributed by atoms with Crippen LogP contribution in [0.1, 0.15) is 152 Å². The summed E-state index contributed by atoms with van der Waals surface area (Å²) in [7, 11) is -3.36. The predicted octanol–water partition coefficient (Wildman–Crippen LogP) is 19.7. The van der Waals surface area contributed by atoms with E-state index in [0.29, 0.717) is 65.6 Å². The normalized spacial score (nSPS) is 14.0. The second-order valence-electron chi connectivity index (χ2n) is 36.7. The van der Waals surface area contributed by atoms with Crippen molar-refractivity contribution in [2.75, 3.05) is 10.5 Å². The number of pyridine rings is 2. The zero-order valence-electron chi connectivity index (χ0n) is 79.7. The SMILES string of the molecule is CC(C)(C#Cc1cccn2ncc(-c3ccc4c(cnn4C(F)F)c3)c12)C(=O)O.CC(C)(C#Cc1cccn2ncc(-c3ccc4c(cnn4C(F)F)c3)c12)C(N)=O.CCCS(=O)(=O)Nc1ccc2cc(-c3cnn4ccnc(C#CC(C)(C)C(N)=O)c34)ccc2c1.Cc1[nH]nc2cc(-c3cnn4ccnc(C5=CCC(C#N)CC5)c34)ccc12.N#CC1CC=C(c2nccn3ncc(-c4ccc5c(c4)C=NC5)c23)CC1. The number of hydrogen-bond donors (Lipinski definition) is 5. The first-order chi connectivity index (χ1) is 69.7. The summed E-state index contributed by atoms with van der Waals surface area (Å²) in [5.41, 5.74) is 32.9. The number of sulfonamides is 1. The summed E-state index contributed by atoms with van der Waals surface area (Å²) >= 11 is 0. The van der Waals surface area contributed by atoms with E-state index in [1.807, 2.05) is 90.3 Å². The van der Waals surface area contributed by atoms with Crippen LogP contribution in [0, 0.1) is 93.2 Å². The summed E-state index contributed by atoms with van der Waals surface area (Å²) in [6, 6.07) is 46.3. The molecule has 19 aromatic rings. The first-order valence-corrected chi connectivity index (χ1v) is 48.0. The van der Waals surface area contributed by atoms with Crippen LogP contribution in [0.4, 0.5) is 23.2 Å². The number of nitrogens with zero attached hydrogens (tertiary/aromatic N) is 21. The van der Waals surface area contributed by atoms with Gasteiger partial charge in [0, 0.05) is 111 Å². The molecule has 0 saturated heterocycles. The fraction of sp³-hybridized carbons (Fsp3) is 0.220. The molecular formula is C109H93F4N25O6S. The number of H-pyrrole nitrogens is 1. The van der Waals surface area contributed by atoms with E-state index in [9.17, 15) is 45.5 Å². The number of nitrogens with two attached hydrogens (primary N) is 2. The number of aryl methyl sites for hydroxylation is 1. The van der Waals surface area contributed by atoms with E-state index in [1.54, 1.807) is 158 Å². The number of nitriles is 2. The highest BCUT2D eigenvalue weighted by Crippen LogP contribution is 2.41. The highest BCUT2D eigenvalue weighted by Gasteiger charge is 2.30. The molecule has 22 rings (SSSR count). The molecule has 724 valence electrons. The number of carboxylic acid groups (broad SMARTS) is 1. The minimum absolute atomic E-state index is 0.0780. The molecule has 3 aliphatic rings. The molecule has 13 aromatic heterocycles. The van der Waals surface area contributed by atoms with Crippen molar-refractivity contribution in [3.63, 3.8) is 0 Å². The van der Waals surface area contributed by atoms with Crippen molar-refractivity contribution in [1.29, 1.82) is 10.5 Å². The number of halogens is 4. The largest absolute Gasteiger partial charge is 0.480 e. The number of aliphatic carboxylic acids is 1. The molecule has 0 fully saturated rings. The third kappa shape index (κ3) is 20.3. The molecule has 2 atom stereocenters. The van der Waals surface area contributed by atoms with Crippen LogP contribution in [-0.2, 0) is 31.0 Å². The summed E-state index contributed by atoms with van der Waals surface area (Å²) in [6.45, 7) is 8.93. The number of carbonyl (C=O) groups excluding carboxylic acids is 2. The summed E-state index contributed by atoms with van der Waals surface area (Å²) in [6.07, 6.45) is 37.9. The molecule has 6 aromatic carbocycles. The Kier molecular flexibility index (Phi) is 27.0. The molecule has 145 heavy (non-hydrogen) atoms. The highest BCUT2D eigenvalue weighted by atomic mass is 32.2. The molecule has 14 heterocycles. The summed E-state index contributed by atoms with van der Waals surface area (Å²) in [5.74, 6) is 15.9. The van der Waals surface area contributed by atoms with Crippen LogP contribution in [0.25, 0.3) is 138 Å². The zero-order valence-corrected chi connectivity index (χ0v) is 80.5. The van der Waals surface area contributed by atoms with Gasteiger partial charge in [0.2, 0.25) is 21.8 Å². The fourth-order valence-electron chi connectivity index (χ4n) is 17.2. The van der Waals surface area contributed by atoms with E-state index >= 15 is 0 Å². The molecule has 0 saturated carbocycles. The molecule has 0 spiro atoms. The van der Waals surface area contributed by atoms with Crippen molar-refractivity contribution in [2.24, 2.45) is 44.5 Å². The number of benzene rings is 6. The van der Waals surface area contributed by atoms with E-state index in [-0.39, 0.29) is 17.6 Å². The lowest BCUT2D eigenvalue weighted by Crippen LogP contribution is -2.29. The van der Waals surface area contributed by atoms with Gasteiger partial charge in [-0.25, -0.2) is 45.3 Å². The highest BCUT2D eigenvalue weighted by molar-refractivity contribution is 7.92. The van der Waals surface area contributed by atoms with Crippen LogP contribution in [0.2, 0.25) is 0 Å². The second-order valence-corrected chi connectivity index (χ2v) is 38.5. The Labute approximate surface area is 827 Å².